The fourth-order valence-electron chi connectivity index (χ4n) is 4.48. The van der Waals surface area contributed by atoms with Crippen molar-refractivity contribution in [1.82, 2.24) is 14.5 Å². The van der Waals surface area contributed by atoms with Crippen LogP contribution in [0, 0.1) is 0 Å². The predicted octanol–water partition coefficient (Wildman–Crippen LogP) is 7.04. The van der Waals surface area contributed by atoms with Gasteiger partial charge in [0.25, 0.3) is 0 Å². The van der Waals surface area contributed by atoms with Crippen LogP contribution in [-0.4, -0.2) is 27.7 Å². The van der Waals surface area contributed by atoms with E-state index in [0.29, 0.717) is 22.0 Å². The molecule has 3 aromatic rings. The zero-order valence-electron chi connectivity index (χ0n) is 19.6. The first-order chi connectivity index (χ1) is 17.6. The van der Waals surface area contributed by atoms with Crippen LogP contribution in [-0.2, 0) is 0 Å². The highest BCUT2D eigenvalue weighted by atomic mass is 35.5. The maximum absolute atomic E-state index is 6.71. The van der Waals surface area contributed by atoms with Crippen molar-refractivity contribution in [3.63, 3.8) is 0 Å². The van der Waals surface area contributed by atoms with Gasteiger partial charge in [-0.15, -0.1) is 0 Å². The van der Waals surface area contributed by atoms with Gasteiger partial charge in [0.1, 0.15) is 5.69 Å². The topological polar surface area (TPSA) is 64.3 Å². The van der Waals surface area contributed by atoms with E-state index in [0.717, 1.165) is 57.7 Å². The van der Waals surface area contributed by atoms with E-state index in [9.17, 15) is 0 Å². The van der Waals surface area contributed by atoms with Gasteiger partial charge in [-0.2, -0.15) is 0 Å². The third-order valence-corrected chi connectivity index (χ3v) is 7.02. The van der Waals surface area contributed by atoms with Gasteiger partial charge in [0.05, 0.1) is 57.3 Å². The summed E-state index contributed by atoms with van der Waals surface area (Å²) < 4.78 is 7.60. The van der Waals surface area contributed by atoms with Crippen molar-refractivity contribution in [3.05, 3.63) is 88.3 Å². The molecule has 180 valence electrons. The molecule has 6 rings (SSSR count). The lowest BCUT2D eigenvalue weighted by Gasteiger charge is -2.23. The Balaban J connectivity index is 1.65. The van der Waals surface area contributed by atoms with Gasteiger partial charge in [0, 0.05) is 11.2 Å². The average Bonchev–Trinajstić information content (AvgIpc) is 2.86. The number of nitrogens with zero attached hydrogens (tertiary/aromatic N) is 4. The minimum Gasteiger partial charge on any atom is -0.480 e. The molecule has 1 N–H and O–H groups in total. The molecule has 36 heavy (non-hydrogen) atoms. The molecule has 1 saturated carbocycles. The molecule has 2 aliphatic carbocycles. The van der Waals surface area contributed by atoms with Crippen LogP contribution in [0.4, 0.5) is 11.4 Å². The van der Waals surface area contributed by atoms with E-state index < -0.39 is 0 Å². The van der Waals surface area contributed by atoms with Gasteiger partial charge < -0.3 is 14.6 Å². The Hall–Kier alpha value is -3.61. The summed E-state index contributed by atoms with van der Waals surface area (Å²) in [6.07, 6.45) is 5.09. The predicted molar refractivity (Wildman–Crippen MR) is 145 cm³/mol. The number of ether oxygens (including phenoxy) is 1. The molecule has 8 heteroatoms. The molecule has 0 radical (unpaired) electrons. The van der Waals surface area contributed by atoms with Gasteiger partial charge in [0.2, 0.25) is 5.88 Å². The Bertz CT molecular complexity index is 1630. The molecule has 0 amide bonds. The number of hydrogen-bond donors (Lipinski definition) is 1. The second-order valence-electron chi connectivity index (χ2n) is 8.79. The highest BCUT2D eigenvalue weighted by Gasteiger charge is 2.21. The Morgan fingerprint density at radius 2 is 1.86 bits per heavy atom. The standard InChI is InChI=1S/C28H23Cl2N5O/c1-36-28-21(9-5-13-31-28)34-22-15-24-27(16-23(22)32-18-6-4-7-18)35(25-12-11-17(29)14-19(25)30)26-10-3-2-8-20(26)33-24/h2-3,5,8-16,18,34H,4,6-7H2,1H3/b32-23+. The van der Waals surface area contributed by atoms with E-state index in [-0.39, 0.29) is 0 Å². The SMILES string of the molecule is COc1ncccc1Nc1cc2nc3ccccc3n(-c3ccc(Cl)cc3Cl)c-2c/c1=N\C1CCC1. The fraction of sp³-hybridized carbons (Fsp3) is 0.179. The quantitative estimate of drug-likeness (QED) is 0.255. The number of methoxy groups -OCH3 is 1. The molecule has 1 fully saturated rings. The number of hydrogen-bond acceptors (Lipinski definition) is 5. The van der Waals surface area contributed by atoms with Crippen molar-refractivity contribution in [2.45, 2.75) is 25.3 Å². The zero-order chi connectivity index (χ0) is 24.6. The van der Waals surface area contributed by atoms with Crippen LogP contribution in [0.15, 0.2) is 77.9 Å². The van der Waals surface area contributed by atoms with E-state index >= 15 is 0 Å². The summed E-state index contributed by atoms with van der Waals surface area (Å²) in [7, 11) is 1.61. The van der Waals surface area contributed by atoms with Crippen molar-refractivity contribution in [3.8, 4) is 23.0 Å². The zero-order valence-corrected chi connectivity index (χ0v) is 21.1. The highest BCUT2D eigenvalue weighted by molar-refractivity contribution is 6.35. The lowest BCUT2D eigenvalue weighted by molar-refractivity contribution is 0.400. The van der Waals surface area contributed by atoms with Crippen LogP contribution in [0.3, 0.4) is 0 Å². The molecule has 1 aliphatic heterocycles. The van der Waals surface area contributed by atoms with Crippen LogP contribution < -0.4 is 15.4 Å². The van der Waals surface area contributed by atoms with E-state index in [2.05, 4.69) is 20.9 Å². The maximum atomic E-state index is 6.71. The molecular weight excluding hydrogens is 493 g/mol. The average molecular weight is 516 g/mol. The first-order valence-electron chi connectivity index (χ1n) is 11.8. The van der Waals surface area contributed by atoms with Gasteiger partial charge in [-0.05, 0) is 73.9 Å². The summed E-state index contributed by atoms with van der Waals surface area (Å²) >= 11 is 12.9. The Morgan fingerprint density at radius 3 is 2.64 bits per heavy atom. The summed E-state index contributed by atoms with van der Waals surface area (Å²) in [5, 5.41) is 5.49. The van der Waals surface area contributed by atoms with Gasteiger partial charge in [-0.25, -0.2) is 9.97 Å². The molecule has 0 saturated heterocycles. The molecule has 2 aromatic carbocycles. The van der Waals surface area contributed by atoms with Crippen LogP contribution in [0.5, 0.6) is 5.88 Å². The lowest BCUT2D eigenvalue weighted by atomic mass is 9.94. The number of nitrogens with one attached hydrogen (secondary N) is 1. The monoisotopic (exact) mass is 515 g/mol. The number of para-hydroxylation sites is 2. The molecule has 0 unspecified atom stereocenters. The second-order valence-corrected chi connectivity index (χ2v) is 9.63. The third kappa shape index (κ3) is 4.16. The number of halogens is 2. The molecule has 6 nitrogen and oxygen atoms in total. The Kier molecular flexibility index (Phi) is 5.99. The largest absolute Gasteiger partial charge is 0.480 e. The van der Waals surface area contributed by atoms with Gasteiger partial charge >= 0.3 is 0 Å². The fourth-order valence-corrected chi connectivity index (χ4v) is 4.97. The van der Waals surface area contributed by atoms with Gasteiger partial charge in [0.15, 0.2) is 0 Å². The van der Waals surface area contributed by atoms with Crippen molar-refractivity contribution in [2.75, 3.05) is 12.4 Å². The number of anilines is 2. The normalized spacial score (nSPS) is 14.2. The minimum absolute atomic E-state index is 0.305. The first kappa shape index (κ1) is 22.8. The maximum Gasteiger partial charge on any atom is 0.237 e. The Morgan fingerprint density at radius 1 is 1.00 bits per heavy atom. The molecule has 0 bridgehead atoms. The van der Waals surface area contributed by atoms with Crippen LogP contribution in [0.25, 0.3) is 28.1 Å². The van der Waals surface area contributed by atoms with Gasteiger partial charge in [-0.3, -0.25) is 4.99 Å². The smallest absolute Gasteiger partial charge is 0.237 e. The molecule has 0 atom stereocenters. The van der Waals surface area contributed by atoms with Crippen LogP contribution in [0.1, 0.15) is 19.3 Å². The minimum atomic E-state index is 0.305. The van der Waals surface area contributed by atoms with Crippen molar-refractivity contribution >= 4 is 45.6 Å². The summed E-state index contributed by atoms with van der Waals surface area (Å²) in [5.74, 6) is 0.515. The summed E-state index contributed by atoms with van der Waals surface area (Å²) in [6.45, 7) is 0. The molecular formula is C28H23Cl2N5O. The van der Waals surface area contributed by atoms with Crippen LogP contribution >= 0.6 is 23.2 Å². The lowest BCUT2D eigenvalue weighted by Crippen LogP contribution is -2.22. The van der Waals surface area contributed by atoms with Crippen molar-refractivity contribution in [2.24, 2.45) is 4.99 Å². The number of pyridine rings is 1. The third-order valence-electron chi connectivity index (χ3n) is 6.48. The second kappa shape index (κ2) is 9.45. The molecule has 3 aliphatic rings. The van der Waals surface area contributed by atoms with Crippen LogP contribution in [0.2, 0.25) is 10.0 Å². The summed E-state index contributed by atoms with van der Waals surface area (Å²) in [6, 6.07) is 21.8. The molecule has 1 aromatic heterocycles. The van der Waals surface area contributed by atoms with E-state index in [1.807, 2.05) is 54.6 Å². The highest BCUT2D eigenvalue weighted by Crippen LogP contribution is 2.35. The Labute approximate surface area is 218 Å². The number of benzene rings is 3. The summed E-state index contributed by atoms with van der Waals surface area (Å²) in [5.41, 5.74) is 5.94. The molecule has 2 heterocycles. The van der Waals surface area contributed by atoms with E-state index in [1.165, 1.54) is 6.42 Å². The molecule has 0 spiro atoms. The van der Waals surface area contributed by atoms with E-state index in [1.54, 1.807) is 19.4 Å². The number of fused-ring (bicyclic) bond motifs is 2. The first-order valence-corrected chi connectivity index (χ1v) is 12.6. The van der Waals surface area contributed by atoms with Gasteiger partial charge in [-0.1, -0.05) is 35.3 Å². The van der Waals surface area contributed by atoms with Crippen molar-refractivity contribution in [1.29, 1.82) is 0 Å². The van der Waals surface area contributed by atoms with E-state index in [4.69, 9.17) is 37.9 Å². The van der Waals surface area contributed by atoms with Crippen molar-refractivity contribution < 1.29 is 4.74 Å². The number of aromatic nitrogens is 3. The number of rotatable bonds is 5. The summed E-state index contributed by atoms with van der Waals surface area (Å²) in [4.78, 5) is 14.4.